The molecule has 2 amide bonds. The lowest BCUT2D eigenvalue weighted by Gasteiger charge is -2.33. The first kappa shape index (κ1) is 22.7. The van der Waals surface area contributed by atoms with Crippen molar-refractivity contribution in [2.24, 2.45) is 11.8 Å². The number of carbonyl (C=O) groups excluding carboxylic acids is 2. The first-order valence-electron chi connectivity index (χ1n) is 10.2. The molecule has 6 heteroatoms. The van der Waals surface area contributed by atoms with Gasteiger partial charge in [-0.05, 0) is 70.7 Å². The van der Waals surface area contributed by atoms with Gasteiger partial charge in [0.1, 0.15) is 0 Å². The molecule has 3 rings (SSSR count). The predicted molar refractivity (Wildman–Crippen MR) is 116 cm³/mol. The Kier molecular flexibility index (Phi) is 7.90. The second-order valence-corrected chi connectivity index (χ2v) is 8.31. The van der Waals surface area contributed by atoms with Crippen molar-refractivity contribution in [2.75, 3.05) is 38.1 Å². The Morgan fingerprint density at radius 2 is 1.75 bits per heavy atom. The summed E-state index contributed by atoms with van der Waals surface area (Å²) in [6, 6.07) is 4.22. The quantitative estimate of drug-likeness (QED) is 0.815. The fourth-order valence-electron chi connectivity index (χ4n) is 4.74. The Bertz CT molecular complexity index is 691. The van der Waals surface area contributed by atoms with E-state index in [0.717, 1.165) is 49.3 Å². The Morgan fingerprint density at radius 1 is 1.14 bits per heavy atom. The number of hydrogen-bond acceptors (Lipinski definition) is 3. The Morgan fingerprint density at radius 3 is 2.32 bits per heavy atom. The molecule has 0 bridgehead atoms. The molecule has 1 atom stereocenters. The second-order valence-electron chi connectivity index (χ2n) is 8.31. The van der Waals surface area contributed by atoms with E-state index in [2.05, 4.69) is 24.4 Å². The molecule has 0 saturated carbocycles. The van der Waals surface area contributed by atoms with Crippen LogP contribution in [-0.4, -0.2) is 49.9 Å². The zero-order valence-electron chi connectivity index (χ0n) is 17.6. The van der Waals surface area contributed by atoms with Crippen molar-refractivity contribution in [1.29, 1.82) is 0 Å². The minimum atomic E-state index is -0.202. The molecule has 0 aromatic heterocycles. The molecule has 0 aliphatic carbocycles. The third-order valence-electron chi connectivity index (χ3n) is 6.11. The number of carbonyl (C=O) groups is 2. The van der Waals surface area contributed by atoms with Crippen molar-refractivity contribution in [3.63, 3.8) is 0 Å². The van der Waals surface area contributed by atoms with Gasteiger partial charge >= 0.3 is 0 Å². The minimum absolute atomic E-state index is 0. The van der Waals surface area contributed by atoms with Gasteiger partial charge in [0.05, 0.1) is 5.92 Å². The molecular weight excluding hydrogens is 374 g/mol. The third-order valence-corrected chi connectivity index (χ3v) is 6.11. The lowest BCUT2D eigenvalue weighted by molar-refractivity contribution is -0.137. The monoisotopic (exact) mass is 407 g/mol. The van der Waals surface area contributed by atoms with Crippen LogP contribution in [0, 0.1) is 32.6 Å². The number of anilines is 1. The van der Waals surface area contributed by atoms with E-state index in [1.54, 1.807) is 0 Å². The number of likely N-dealkylation sites (tertiary alicyclic amines) is 1. The maximum absolute atomic E-state index is 13.0. The van der Waals surface area contributed by atoms with Gasteiger partial charge in [0, 0.05) is 31.7 Å². The summed E-state index contributed by atoms with van der Waals surface area (Å²) in [5.41, 5.74) is 4.42. The molecule has 28 heavy (non-hydrogen) atoms. The first-order chi connectivity index (χ1) is 12.9. The zero-order valence-corrected chi connectivity index (χ0v) is 18.4. The molecule has 2 aliphatic rings. The fourth-order valence-corrected chi connectivity index (χ4v) is 4.74. The molecule has 2 fully saturated rings. The zero-order chi connectivity index (χ0) is 19.6. The van der Waals surface area contributed by atoms with Crippen LogP contribution in [0.1, 0.15) is 42.4 Å². The van der Waals surface area contributed by atoms with E-state index >= 15 is 0 Å². The van der Waals surface area contributed by atoms with E-state index in [1.807, 2.05) is 30.7 Å². The highest BCUT2D eigenvalue weighted by Gasteiger charge is 2.38. The lowest BCUT2D eigenvalue weighted by atomic mass is 9.92. The highest BCUT2D eigenvalue weighted by atomic mass is 35.5. The second kappa shape index (κ2) is 9.75. The van der Waals surface area contributed by atoms with Crippen molar-refractivity contribution >= 4 is 29.9 Å². The predicted octanol–water partition coefficient (Wildman–Crippen LogP) is 3.23. The van der Waals surface area contributed by atoms with E-state index < -0.39 is 0 Å². The molecular formula is C22H34ClN3O2. The maximum Gasteiger partial charge on any atom is 0.228 e. The standard InChI is InChI=1S/C22H33N3O2.ClH/c1-15-11-16(2)21(17(3)12-15)25-14-19(13-20(25)26)22(27)24-9-6-18(7-10-24)5-8-23-4;/h11-12,18-19,23H,5-10,13-14H2,1-4H3;1H. The molecule has 1 aromatic carbocycles. The summed E-state index contributed by atoms with van der Waals surface area (Å²) in [5, 5.41) is 3.21. The molecule has 0 spiro atoms. The number of rotatable bonds is 5. The van der Waals surface area contributed by atoms with E-state index in [1.165, 1.54) is 12.0 Å². The largest absolute Gasteiger partial charge is 0.342 e. The SMILES string of the molecule is CNCCC1CCN(C(=O)C2CC(=O)N(c3c(C)cc(C)cc3C)C2)CC1.Cl. The van der Waals surface area contributed by atoms with Crippen molar-refractivity contribution in [2.45, 2.75) is 46.5 Å². The lowest BCUT2D eigenvalue weighted by Crippen LogP contribution is -2.42. The van der Waals surface area contributed by atoms with Gasteiger partial charge in [-0.25, -0.2) is 0 Å². The highest BCUT2D eigenvalue weighted by Crippen LogP contribution is 2.33. The highest BCUT2D eigenvalue weighted by molar-refractivity contribution is 6.01. The van der Waals surface area contributed by atoms with Crippen LogP contribution < -0.4 is 10.2 Å². The Hall–Kier alpha value is -1.59. The first-order valence-corrected chi connectivity index (χ1v) is 10.2. The summed E-state index contributed by atoms with van der Waals surface area (Å²) in [6.45, 7) is 9.40. The average Bonchev–Trinajstić information content (AvgIpc) is 3.00. The third kappa shape index (κ3) is 4.87. The van der Waals surface area contributed by atoms with Crippen molar-refractivity contribution < 1.29 is 9.59 Å². The average molecular weight is 408 g/mol. The van der Waals surface area contributed by atoms with Crippen LogP contribution in [-0.2, 0) is 9.59 Å². The number of nitrogens with zero attached hydrogens (tertiary/aromatic N) is 2. The molecule has 2 aliphatic heterocycles. The van der Waals surface area contributed by atoms with Gasteiger partial charge in [0.2, 0.25) is 11.8 Å². The molecule has 2 saturated heterocycles. The summed E-state index contributed by atoms with van der Waals surface area (Å²) < 4.78 is 0. The smallest absolute Gasteiger partial charge is 0.228 e. The number of nitrogens with one attached hydrogen (secondary N) is 1. The van der Waals surface area contributed by atoms with Gasteiger partial charge in [-0.3, -0.25) is 9.59 Å². The Labute approximate surface area is 175 Å². The summed E-state index contributed by atoms with van der Waals surface area (Å²) in [5.74, 6) is 0.750. The topological polar surface area (TPSA) is 52.7 Å². The molecule has 0 radical (unpaired) electrons. The summed E-state index contributed by atoms with van der Waals surface area (Å²) in [4.78, 5) is 29.5. The van der Waals surface area contributed by atoms with Crippen LogP contribution in [0.5, 0.6) is 0 Å². The minimum Gasteiger partial charge on any atom is -0.342 e. The van der Waals surface area contributed by atoms with E-state index in [-0.39, 0.29) is 30.1 Å². The number of piperidine rings is 1. The van der Waals surface area contributed by atoms with Gasteiger partial charge in [0.15, 0.2) is 0 Å². The number of benzene rings is 1. The summed E-state index contributed by atoms with van der Waals surface area (Å²) >= 11 is 0. The van der Waals surface area contributed by atoms with Crippen LogP contribution in [0.4, 0.5) is 5.69 Å². The van der Waals surface area contributed by atoms with Crippen LogP contribution in [0.25, 0.3) is 0 Å². The van der Waals surface area contributed by atoms with Crippen LogP contribution in [0.3, 0.4) is 0 Å². The van der Waals surface area contributed by atoms with Gasteiger partial charge in [0.25, 0.3) is 0 Å². The number of amides is 2. The summed E-state index contributed by atoms with van der Waals surface area (Å²) in [7, 11) is 1.99. The van der Waals surface area contributed by atoms with Gasteiger partial charge in [-0.1, -0.05) is 17.7 Å². The van der Waals surface area contributed by atoms with Crippen LogP contribution in [0.2, 0.25) is 0 Å². The van der Waals surface area contributed by atoms with Crippen molar-refractivity contribution in [1.82, 2.24) is 10.2 Å². The maximum atomic E-state index is 13.0. The number of aryl methyl sites for hydroxylation is 3. The molecule has 156 valence electrons. The van der Waals surface area contributed by atoms with Crippen molar-refractivity contribution in [3.05, 3.63) is 28.8 Å². The summed E-state index contributed by atoms with van der Waals surface area (Å²) in [6.07, 6.45) is 3.67. The molecule has 1 aromatic rings. The van der Waals surface area contributed by atoms with Crippen LogP contribution in [0.15, 0.2) is 12.1 Å². The van der Waals surface area contributed by atoms with E-state index in [0.29, 0.717) is 18.9 Å². The number of halogens is 1. The van der Waals surface area contributed by atoms with E-state index in [4.69, 9.17) is 0 Å². The van der Waals surface area contributed by atoms with Gasteiger partial charge in [-0.15, -0.1) is 12.4 Å². The number of hydrogen-bond donors (Lipinski definition) is 1. The Balaban J connectivity index is 0.00000280. The molecule has 1 unspecified atom stereocenters. The van der Waals surface area contributed by atoms with Gasteiger partial charge in [-0.2, -0.15) is 0 Å². The van der Waals surface area contributed by atoms with Crippen molar-refractivity contribution in [3.8, 4) is 0 Å². The fraction of sp³-hybridized carbons (Fsp3) is 0.636. The van der Waals surface area contributed by atoms with E-state index in [9.17, 15) is 9.59 Å². The van der Waals surface area contributed by atoms with Gasteiger partial charge < -0.3 is 15.1 Å². The van der Waals surface area contributed by atoms with Crippen LogP contribution >= 0.6 is 12.4 Å². The molecule has 1 N–H and O–H groups in total. The normalized spacial score (nSPS) is 20.4. The molecule has 5 nitrogen and oxygen atoms in total. The molecule has 2 heterocycles.